The number of methoxy groups -OCH3 is 1. The van der Waals surface area contributed by atoms with E-state index in [0.717, 1.165) is 13.0 Å². The molecule has 2 rings (SSSR count). The van der Waals surface area contributed by atoms with Gasteiger partial charge in [0.25, 0.3) is 5.91 Å². The van der Waals surface area contributed by atoms with Crippen LogP contribution < -0.4 is 10.1 Å². The highest BCUT2D eigenvalue weighted by atomic mass is 19.1. The van der Waals surface area contributed by atoms with Gasteiger partial charge in [-0.1, -0.05) is 13.8 Å². The molecule has 1 aromatic carbocycles. The number of hydrogen-bond donors (Lipinski definition) is 2. The second kappa shape index (κ2) is 8.63. The Morgan fingerprint density at radius 1 is 1.44 bits per heavy atom. The molecule has 0 aromatic heterocycles. The van der Waals surface area contributed by atoms with Crippen molar-refractivity contribution in [3.63, 3.8) is 0 Å². The summed E-state index contributed by atoms with van der Waals surface area (Å²) >= 11 is 0. The van der Waals surface area contributed by atoms with E-state index in [1.807, 2.05) is 0 Å². The second-order valence-corrected chi connectivity index (χ2v) is 7.18. The number of nitrogens with zero attached hydrogens (tertiary/aromatic N) is 1. The summed E-state index contributed by atoms with van der Waals surface area (Å²) in [5.41, 5.74) is -1.02. The molecule has 0 radical (unpaired) electrons. The van der Waals surface area contributed by atoms with E-state index in [4.69, 9.17) is 4.74 Å². The van der Waals surface area contributed by atoms with Crippen molar-refractivity contribution in [3.8, 4) is 5.75 Å². The van der Waals surface area contributed by atoms with E-state index in [1.54, 1.807) is 12.1 Å². The summed E-state index contributed by atoms with van der Waals surface area (Å²) in [4.78, 5) is 14.3. The molecular weight excluding hydrogens is 323 g/mol. The lowest BCUT2D eigenvalue weighted by molar-refractivity contribution is -0.157. The molecule has 2 N–H and O–H groups in total. The number of likely N-dealkylation sites (tertiary alicyclic amines) is 1. The second-order valence-electron chi connectivity index (χ2n) is 7.18. The standard InChI is InChI=1S/C19H29FN2O3/c1-14(2)7-9-21-13-19(24)8-4-10-22(18(19)23)12-15-11-16(25-3)5-6-17(15)20/h5-6,11,14,21,24H,4,7-10,12-13H2,1-3H3. The van der Waals surface area contributed by atoms with Crippen molar-refractivity contribution in [1.29, 1.82) is 0 Å². The summed E-state index contributed by atoms with van der Waals surface area (Å²) in [6, 6.07) is 4.48. The fraction of sp³-hybridized carbons (Fsp3) is 0.632. The number of ether oxygens (including phenoxy) is 1. The van der Waals surface area contributed by atoms with E-state index in [1.165, 1.54) is 18.1 Å². The normalized spacial score (nSPS) is 21.0. The van der Waals surface area contributed by atoms with E-state index in [9.17, 15) is 14.3 Å². The number of amides is 1. The number of benzene rings is 1. The first kappa shape index (κ1) is 19.7. The van der Waals surface area contributed by atoms with Crippen LogP contribution in [0.1, 0.15) is 38.7 Å². The molecule has 1 atom stereocenters. The van der Waals surface area contributed by atoms with Gasteiger partial charge in [-0.25, -0.2) is 4.39 Å². The Balaban J connectivity index is 2.01. The zero-order valence-corrected chi connectivity index (χ0v) is 15.3. The van der Waals surface area contributed by atoms with Crippen LogP contribution in [0, 0.1) is 11.7 Å². The number of carbonyl (C=O) groups is 1. The highest BCUT2D eigenvalue weighted by Gasteiger charge is 2.41. The van der Waals surface area contributed by atoms with Crippen molar-refractivity contribution in [2.24, 2.45) is 5.92 Å². The fourth-order valence-corrected chi connectivity index (χ4v) is 3.07. The SMILES string of the molecule is COc1ccc(F)c(CN2CCCC(O)(CNCCC(C)C)C2=O)c1. The first-order valence-electron chi connectivity index (χ1n) is 8.90. The lowest BCUT2D eigenvalue weighted by Crippen LogP contribution is -2.57. The van der Waals surface area contributed by atoms with Gasteiger partial charge in [0, 0.05) is 25.2 Å². The molecule has 1 aliphatic heterocycles. The molecule has 1 heterocycles. The van der Waals surface area contributed by atoms with Crippen LogP contribution in [0.3, 0.4) is 0 Å². The van der Waals surface area contributed by atoms with Gasteiger partial charge in [-0.3, -0.25) is 4.79 Å². The fourth-order valence-electron chi connectivity index (χ4n) is 3.07. The Morgan fingerprint density at radius 2 is 2.20 bits per heavy atom. The van der Waals surface area contributed by atoms with Crippen molar-refractivity contribution in [2.75, 3.05) is 26.7 Å². The Labute approximate surface area is 149 Å². The highest BCUT2D eigenvalue weighted by Crippen LogP contribution is 2.25. The third kappa shape index (κ3) is 5.16. The molecule has 25 heavy (non-hydrogen) atoms. The van der Waals surface area contributed by atoms with Gasteiger partial charge < -0.3 is 20.1 Å². The van der Waals surface area contributed by atoms with Gasteiger partial charge >= 0.3 is 0 Å². The molecule has 1 fully saturated rings. The van der Waals surface area contributed by atoms with Crippen LogP contribution >= 0.6 is 0 Å². The summed E-state index contributed by atoms with van der Waals surface area (Å²) in [5.74, 6) is 0.402. The number of carbonyl (C=O) groups excluding carboxylic acids is 1. The lowest BCUT2D eigenvalue weighted by atomic mass is 9.91. The summed E-state index contributed by atoms with van der Waals surface area (Å²) in [7, 11) is 1.52. The molecule has 1 saturated heterocycles. The van der Waals surface area contributed by atoms with Crippen LogP contribution in [0.5, 0.6) is 5.75 Å². The zero-order valence-electron chi connectivity index (χ0n) is 15.3. The third-order valence-electron chi connectivity index (χ3n) is 4.63. The summed E-state index contributed by atoms with van der Waals surface area (Å²) in [5, 5.41) is 13.9. The van der Waals surface area contributed by atoms with E-state index >= 15 is 0 Å². The largest absolute Gasteiger partial charge is 0.497 e. The van der Waals surface area contributed by atoms with Crippen LogP contribution in [-0.2, 0) is 11.3 Å². The molecule has 0 bridgehead atoms. The van der Waals surface area contributed by atoms with Crippen LogP contribution in [0.15, 0.2) is 18.2 Å². The number of halogens is 1. The average Bonchev–Trinajstić information content (AvgIpc) is 2.58. The van der Waals surface area contributed by atoms with Crippen LogP contribution in [0.4, 0.5) is 4.39 Å². The Morgan fingerprint density at radius 3 is 2.88 bits per heavy atom. The van der Waals surface area contributed by atoms with Gasteiger partial charge in [-0.15, -0.1) is 0 Å². The summed E-state index contributed by atoms with van der Waals surface area (Å²) in [6.07, 6.45) is 2.11. The van der Waals surface area contributed by atoms with Gasteiger partial charge in [-0.05, 0) is 49.9 Å². The lowest BCUT2D eigenvalue weighted by Gasteiger charge is -2.38. The van der Waals surface area contributed by atoms with Crippen molar-refractivity contribution < 1.29 is 19.0 Å². The molecule has 140 valence electrons. The number of nitrogens with one attached hydrogen (secondary N) is 1. The number of rotatable bonds is 8. The number of piperidine rings is 1. The Hall–Kier alpha value is -1.66. The van der Waals surface area contributed by atoms with Gasteiger partial charge in [0.15, 0.2) is 5.60 Å². The minimum atomic E-state index is -1.41. The zero-order chi connectivity index (χ0) is 18.4. The molecule has 0 aliphatic carbocycles. The first-order valence-corrected chi connectivity index (χ1v) is 8.90. The average molecular weight is 352 g/mol. The predicted octanol–water partition coefficient (Wildman–Crippen LogP) is 2.32. The third-order valence-corrected chi connectivity index (χ3v) is 4.63. The maximum atomic E-state index is 14.0. The maximum absolute atomic E-state index is 14.0. The molecule has 5 nitrogen and oxygen atoms in total. The molecule has 1 aliphatic rings. The van der Waals surface area contributed by atoms with Gasteiger partial charge in [-0.2, -0.15) is 0 Å². The molecule has 0 spiro atoms. The molecule has 1 aromatic rings. The molecule has 1 amide bonds. The van der Waals surface area contributed by atoms with Crippen molar-refractivity contribution in [3.05, 3.63) is 29.6 Å². The van der Waals surface area contributed by atoms with E-state index < -0.39 is 5.60 Å². The Bertz CT molecular complexity index is 594. The van der Waals surface area contributed by atoms with Crippen molar-refractivity contribution >= 4 is 5.91 Å². The van der Waals surface area contributed by atoms with Crippen molar-refractivity contribution in [1.82, 2.24) is 10.2 Å². The topological polar surface area (TPSA) is 61.8 Å². The van der Waals surface area contributed by atoms with E-state index in [2.05, 4.69) is 19.2 Å². The monoisotopic (exact) mass is 352 g/mol. The molecule has 1 unspecified atom stereocenters. The van der Waals surface area contributed by atoms with Crippen LogP contribution in [0.25, 0.3) is 0 Å². The highest BCUT2D eigenvalue weighted by molar-refractivity contribution is 5.86. The van der Waals surface area contributed by atoms with Crippen molar-refractivity contribution in [2.45, 2.75) is 45.3 Å². The summed E-state index contributed by atoms with van der Waals surface area (Å²) < 4.78 is 19.2. The number of aliphatic hydroxyl groups is 1. The molecule has 0 saturated carbocycles. The first-order chi connectivity index (χ1) is 11.9. The minimum Gasteiger partial charge on any atom is -0.497 e. The maximum Gasteiger partial charge on any atom is 0.256 e. The van der Waals surface area contributed by atoms with Gasteiger partial charge in [0.2, 0.25) is 0 Å². The van der Waals surface area contributed by atoms with Gasteiger partial charge in [0.1, 0.15) is 11.6 Å². The predicted molar refractivity (Wildman–Crippen MR) is 94.9 cm³/mol. The minimum absolute atomic E-state index is 0.135. The van der Waals surface area contributed by atoms with E-state index in [0.29, 0.717) is 36.6 Å². The molecular formula is C19H29FN2O3. The smallest absolute Gasteiger partial charge is 0.256 e. The Kier molecular flexibility index (Phi) is 6.79. The number of hydrogen-bond acceptors (Lipinski definition) is 4. The summed E-state index contributed by atoms with van der Waals surface area (Å²) in [6.45, 7) is 5.91. The quantitative estimate of drug-likeness (QED) is 0.705. The molecule has 6 heteroatoms. The van der Waals surface area contributed by atoms with E-state index in [-0.39, 0.29) is 24.8 Å². The van der Waals surface area contributed by atoms with Crippen LogP contribution in [-0.4, -0.2) is 48.3 Å². The van der Waals surface area contributed by atoms with Gasteiger partial charge in [0.05, 0.1) is 7.11 Å². The van der Waals surface area contributed by atoms with Crippen LogP contribution in [0.2, 0.25) is 0 Å².